The van der Waals surface area contributed by atoms with Crippen LogP contribution in [0.1, 0.15) is 62.5 Å². The van der Waals surface area contributed by atoms with E-state index in [2.05, 4.69) is 80.8 Å². The van der Waals surface area contributed by atoms with E-state index in [1.807, 2.05) is 72.9 Å². The third-order valence-corrected chi connectivity index (χ3v) is 7.74. The fourth-order valence-electron chi connectivity index (χ4n) is 5.19. The molecule has 0 spiro atoms. The van der Waals surface area contributed by atoms with Gasteiger partial charge in [-0.1, -0.05) is 114 Å². The van der Waals surface area contributed by atoms with Crippen LogP contribution in [0.3, 0.4) is 0 Å². The van der Waals surface area contributed by atoms with Crippen molar-refractivity contribution in [2.75, 3.05) is 0 Å². The summed E-state index contributed by atoms with van der Waals surface area (Å²) in [6.07, 6.45) is 3.49. The van der Waals surface area contributed by atoms with Crippen molar-refractivity contribution < 1.29 is 28.6 Å². The normalized spacial score (nSPS) is 13.0. The molecule has 3 aromatic heterocycles. The zero-order valence-electron chi connectivity index (χ0n) is 29.3. The van der Waals surface area contributed by atoms with Gasteiger partial charge in [-0.25, -0.2) is 4.98 Å². The number of rotatable bonds is 2. The molecule has 45 heavy (non-hydrogen) atoms. The summed E-state index contributed by atoms with van der Waals surface area (Å²) >= 11 is 0. The molecule has 0 saturated heterocycles. The van der Waals surface area contributed by atoms with Gasteiger partial charge in [-0.15, -0.1) is 53.6 Å². The molecule has 7 aromatic rings. The predicted octanol–water partition coefficient (Wildman–Crippen LogP) is 10.4. The molecule has 0 fully saturated rings. The number of fused-ring (bicyclic) bond motifs is 5. The van der Waals surface area contributed by atoms with E-state index < -0.39 is 6.85 Å². The molecule has 0 saturated carbocycles. The largest absolute Gasteiger partial charge is 0.500 e. The molecule has 0 N–H and O–H groups in total. The minimum atomic E-state index is -2.29. The Kier molecular flexibility index (Phi) is 7.97. The third-order valence-electron chi connectivity index (χ3n) is 7.74. The van der Waals surface area contributed by atoms with Crippen LogP contribution in [-0.2, 0) is 30.9 Å². The molecule has 3 heterocycles. The van der Waals surface area contributed by atoms with E-state index in [1.54, 1.807) is 6.07 Å². The number of aryl methyl sites for hydroxylation is 1. The first kappa shape index (κ1) is 28.3. The van der Waals surface area contributed by atoms with E-state index in [1.165, 1.54) is 11.9 Å². The van der Waals surface area contributed by atoms with Crippen LogP contribution in [0.5, 0.6) is 0 Å². The second-order valence-corrected chi connectivity index (χ2v) is 13.0. The summed E-state index contributed by atoms with van der Waals surface area (Å²) in [5.41, 5.74) is 6.85. The number of furan rings is 1. The minimum Gasteiger partial charge on any atom is -0.500 e. The van der Waals surface area contributed by atoms with Crippen LogP contribution in [0, 0.1) is 19.0 Å². The van der Waals surface area contributed by atoms with Gasteiger partial charge in [0.25, 0.3) is 0 Å². The maximum absolute atomic E-state index is 8.07. The van der Waals surface area contributed by atoms with Gasteiger partial charge in [-0.2, -0.15) is 0 Å². The Morgan fingerprint density at radius 3 is 2.22 bits per heavy atom. The fraction of sp³-hybridized carbons (Fsp3) is 0.225. The molecule has 229 valence electrons. The van der Waals surface area contributed by atoms with Crippen LogP contribution in [0.25, 0.3) is 55.2 Å². The second kappa shape index (κ2) is 12.7. The Hall–Kier alpha value is -4.18. The third kappa shape index (κ3) is 6.61. The molecule has 0 aliphatic rings. The van der Waals surface area contributed by atoms with Crippen LogP contribution in [0.4, 0.5) is 0 Å². The molecule has 0 bridgehead atoms. The van der Waals surface area contributed by atoms with Crippen molar-refractivity contribution in [2.45, 2.75) is 59.2 Å². The summed E-state index contributed by atoms with van der Waals surface area (Å²) in [4.78, 5) is 13.3. The Labute approximate surface area is 283 Å². The number of nitrogens with zero attached hydrogens (tertiary/aromatic N) is 3. The first-order valence-electron chi connectivity index (χ1n) is 16.3. The standard InChI is InChI=1S/C25H21N2O.C15H16N.Ir/c1-15-9-11-18(20-13-21(25(2,3)4)27-14-26-20)24-22(15)19-12-10-16-7-5-6-8-17(16)23(19)28-24;1-15(2,3)13-9-10-14(16-11-13)12-7-5-4-6-8-12;/h5-10,12-14H,1-4H3;4-7,9-11H,1-3H3;/q2*-1;/i1D3;;. The van der Waals surface area contributed by atoms with Gasteiger partial charge in [0.15, 0.2) is 0 Å². The summed E-state index contributed by atoms with van der Waals surface area (Å²) in [5.74, 6) is 0. The number of hydrogen-bond acceptors (Lipinski definition) is 4. The Morgan fingerprint density at radius 1 is 0.733 bits per heavy atom. The molecule has 0 aliphatic carbocycles. The topological polar surface area (TPSA) is 51.8 Å². The second-order valence-electron chi connectivity index (χ2n) is 13.0. The SMILES string of the molecule is CC(C)(C)c1ccc(-c2[c-]cccc2)nc1.[2H]C([2H])([2H])c1c[c-]c(-c2cc(C(C)(C)C)ncn2)c2oc3c4ccccc4ccc3c12.[Ir]. The molecule has 1 radical (unpaired) electrons. The molecule has 4 aromatic carbocycles. The summed E-state index contributed by atoms with van der Waals surface area (Å²) in [6, 6.07) is 33.8. The van der Waals surface area contributed by atoms with Crippen LogP contribution >= 0.6 is 0 Å². The molecule has 0 unspecified atom stereocenters. The average molecular weight is 771 g/mol. The van der Waals surface area contributed by atoms with Crippen molar-refractivity contribution >= 4 is 32.7 Å². The summed E-state index contributed by atoms with van der Waals surface area (Å²) in [6.45, 7) is 10.5. The van der Waals surface area contributed by atoms with Crippen LogP contribution in [0.15, 0.2) is 102 Å². The van der Waals surface area contributed by atoms with Crippen LogP contribution in [0.2, 0.25) is 0 Å². The van der Waals surface area contributed by atoms with E-state index >= 15 is 0 Å². The number of benzene rings is 4. The molecular formula is C40H37IrN3O-2. The van der Waals surface area contributed by atoms with Crippen molar-refractivity contribution in [1.29, 1.82) is 0 Å². The summed E-state index contributed by atoms with van der Waals surface area (Å²) < 4.78 is 30.6. The van der Waals surface area contributed by atoms with E-state index in [0.29, 0.717) is 27.8 Å². The molecule has 0 atom stereocenters. The van der Waals surface area contributed by atoms with Crippen molar-refractivity contribution in [3.05, 3.63) is 126 Å². The number of pyridine rings is 1. The molecule has 0 amide bonds. The summed E-state index contributed by atoms with van der Waals surface area (Å²) in [7, 11) is 0. The Balaban J connectivity index is 0.000000224. The Morgan fingerprint density at radius 2 is 1.53 bits per heavy atom. The van der Waals surface area contributed by atoms with Gasteiger partial charge in [-0.3, -0.25) is 4.98 Å². The molecule has 7 rings (SSSR count). The fourth-order valence-corrected chi connectivity index (χ4v) is 5.19. The first-order valence-corrected chi connectivity index (χ1v) is 14.8. The van der Waals surface area contributed by atoms with E-state index in [0.717, 1.165) is 33.1 Å². The molecular weight excluding hydrogens is 731 g/mol. The van der Waals surface area contributed by atoms with Crippen molar-refractivity contribution in [3.8, 4) is 22.5 Å². The first-order chi connectivity index (χ1) is 22.2. The predicted molar refractivity (Wildman–Crippen MR) is 182 cm³/mol. The van der Waals surface area contributed by atoms with E-state index in [-0.39, 0.29) is 36.5 Å². The van der Waals surface area contributed by atoms with E-state index in [9.17, 15) is 0 Å². The average Bonchev–Trinajstić information content (AvgIpc) is 3.44. The van der Waals surface area contributed by atoms with Crippen molar-refractivity contribution in [3.63, 3.8) is 0 Å². The summed E-state index contributed by atoms with van der Waals surface area (Å²) in [5, 5.41) is 3.34. The maximum atomic E-state index is 8.07. The zero-order chi connectivity index (χ0) is 33.6. The number of aromatic nitrogens is 3. The van der Waals surface area contributed by atoms with Gasteiger partial charge in [0.1, 0.15) is 11.9 Å². The number of hydrogen-bond donors (Lipinski definition) is 0. The van der Waals surface area contributed by atoms with Gasteiger partial charge in [0.2, 0.25) is 0 Å². The van der Waals surface area contributed by atoms with Crippen LogP contribution in [-0.4, -0.2) is 15.0 Å². The monoisotopic (exact) mass is 771 g/mol. The minimum absolute atomic E-state index is 0. The van der Waals surface area contributed by atoms with Crippen molar-refractivity contribution in [2.24, 2.45) is 0 Å². The van der Waals surface area contributed by atoms with Gasteiger partial charge < -0.3 is 9.40 Å². The molecule has 4 nitrogen and oxygen atoms in total. The zero-order valence-corrected chi connectivity index (χ0v) is 28.7. The molecule has 5 heteroatoms. The van der Waals surface area contributed by atoms with Gasteiger partial charge in [0, 0.05) is 52.3 Å². The quantitative estimate of drug-likeness (QED) is 0.164. The molecule has 0 aliphatic heterocycles. The van der Waals surface area contributed by atoms with Crippen LogP contribution < -0.4 is 0 Å². The maximum Gasteiger partial charge on any atom is 0.128 e. The van der Waals surface area contributed by atoms with Crippen molar-refractivity contribution in [1.82, 2.24) is 15.0 Å². The smallest absolute Gasteiger partial charge is 0.128 e. The van der Waals surface area contributed by atoms with Gasteiger partial charge in [-0.05, 0) is 27.8 Å². The van der Waals surface area contributed by atoms with Gasteiger partial charge >= 0.3 is 0 Å². The van der Waals surface area contributed by atoms with Gasteiger partial charge in [0.05, 0.1) is 5.58 Å². The Bertz CT molecular complexity index is 2200. The van der Waals surface area contributed by atoms with E-state index in [4.69, 9.17) is 8.53 Å².